The summed E-state index contributed by atoms with van der Waals surface area (Å²) in [6, 6.07) is 5.02. The third kappa shape index (κ3) is 4.55. The molecule has 0 radical (unpaired) electrons. The molecule has 6 nitrogen and oxygen atoms in total. The Morgan fingerprint density at radius 1 is 1.33 bits per heavy atom. The average molecular weight is 296 g/mol. The molecule has 21 heavy (non-hydrogen) atoms. The van der Waals surface area contributed by atoms with Gasteiger partial charge in [-0.1, -0.05) is 13.0 Å². The largest absolute Gasteiger partial charge is 0.480 e. The first-order chi connectivity index (χ1) is 9.78. The van der Waals surface area contributed by atoms with Crippen molar-refractivity contribution in [2.45, 2.75) is 25.8 Å². The van der Waals surface area contributed by atoms with Gasteiger partial charge in [-0.05, 0) is 31.5 Å². The first-order valence-electron chi connectivity index (χ1n) is 6.36. The van der Waals surface area contributed by atoms with Crippen LogP contribution in [0.25, 0.3) is 0 Å². The molecule has 1 aromatic rings. The number of carboxylic acid groups (broad SMARTS) is 1. The van der Waals surface area contributed by atoms with Crippen molar-refractivity contribution in [3.05, 3.63) is 35.6 Å². The third-order valence-electron chi connectivity index (χ3n) is 3.09. The Kier molecular flexibility index (Phi) is 5.40. The fraction of sp³-hybridized carbons (Fsp3) is 0.357. The molecule has 0 saturated heterocycles. The Hall–Kier alpha value is -2.44. The summed E-state index contributed by atoms with van der Waals surface area (Å²) < 4.78 is 13.0. The molecule has 0 aromatic heterocycles. The van der Waals surface area contributed by atoms with Gasteiger partial charge in [0.05, 0.1) is 6.54 Å². The lowest BCUT2D eigenvalue weighted by Gasteiger charge is -2.24. The van der Waals surface area contributed by atoms with Crippen LogP contribution in [-0.4, -0.2) is 35.0 Å². The van der Waals surface area contributed by atoms with Crippen molar-refractivity contribution in [3.8, 4) is 0 Å². The van der Waals surface area contributed by atoms with Crippen molar-refractivity contribution in [1.29, 1.82) is 0 Å². The van der Waals surface area contributed by atoms with Crippen LogP contribution in [0.4, 0.5) is 4.39 Å². The Balaban J connectivity index is 2.57. The molecular formula is C14H17FN2O4. The summed E-state index contributed by atoms with van der Waals surface area (Å²) in [6.45, 7) is 2.61. The zero-order valence-corrected chi connectivity index (χ0v) is 11.8. The molecule has 114 valence electrons. The van der Waals surface area contributed by atoms with Crippen LogP contribution in [0, 0.1) is 5.82 Å². The van der Waals surface area contributed by atoms with Gasteiger partial charge in [-0.25, -0.2) is 9.18 Å². The number of rotatable bonds is 6. The summed E-state index contributed by atoms with van der Waals surface area (Å²) >= 11 is 0. The topological polar surface area (TPSA) is 95.5 Å². The predicted molar refractivity (Wildman–Crippen MR) is 73.2 cm³/mol. The van der Waals surface area contributed by atoms with Gasteiger partial charge in [0.15, 0.2) is 0 Å². The molecule has 0 aliphatic heterocycles. The van der Waals surface area contributed by atoms with E-state index in [1.807, 2.05) is 0 Å². The fourth-order valence-corrected chi connectivity index (χ4v) is 1.54. The van der Waals surface area contributed by atoms with Gasteiger partial charge < -0.3 is 15.7 Å². The quantitative estimate of drug-likeness (QED) is 0.727. The summed E-state index contributed by atoms with van der Waals surface area (Å²) in [4.78, 5) is 34.4. The van der Waals surface area contributed by atoms with Crippen LogP contribution in [0.3, 0.4) is 0 Å². The second kappa shape index (κ2) is 6.83. The molecule has 1 aromatic carbocycles. The van der Waals surface area contributed by atoms with Crippen LogP contribution >= 0.6 is 0 Å². The van der Waals surface area contributed by atoms with Crippen LogP contribution < -0.4 is 10.6 Å². The number of carboxylic acids is 1. The molecule has 1 unspecified atom stereocenters. The number of hydrogen-bond donors (Lipinski definition) is 3. The van der Waals surface area contributed by atoms with E-state index in [1.54, 1.807) is 6.92 Å². The minimum absolute atomic E-state index is 0.0827. The SMILES string of the molecule is CCC(C)(NC(=O)CNC(=O)c1cccc(F)c1)C(=O)O. The molecular weight excluding hydrogens is 279 g/mol. The normalized spacial score (nSPS) is 13.1. The van der Waals surface area contributed by atoms with E-state index in [2.05, 4.69) is 10.6 Å². The van der Waals surface area contributed by atoms with Gasteiger partial charge in [0.25, 0.3) is 5.91 Å². The molecule has 0 saturated carbocycles. The van der Waals surface area contributed by atoms with Crippen LogP contribution in [0.15, 0.2) is 24.3 Å². The van der Waals surface area contributed by atoms with Crippen LogP contribution in [0.5, 0.6) is 0 Å². The second-order valence-electron chi connectivity index (χ2n) is 4.73. The fourth-order valence-electron chi connectivity index (χ4n) is 1.54. The molecule has 0 fully saturated rings. The predicted octanol–water partition coefficient (Wildman–Crippen LogP) is 0.925. The molecule has 0 spiro atoms. The molecule has 7 heteroatoms. The lowest BCUT2D eigenvalue weighted by atomic mass is 9.99. The maximum absolute atomic E-state index is 13.0. The Bertz CT molecular complexity index is 562. The highest BCUT2D eigenvalue weighted by molar-refractivity contribution is 5.97. The number of amides is 2. The minimum Gasteiger partial charge on any atom is -0.480 e. The monoisotopic (exact) mass is 296 g/mol. The van der Waals surface area contributed by atoms with E-state index >= 15 is 0 Å². The Labute approximate surface area is 121 Å². The first-order valence-corrected chi connectivity index (χ1v) is 6.36. The number of nitrogens with one attached hydrogen (secondary N) is 2. The number of halogens is 1. The summed E-state index contributed by atoms with van der Waals surface area (Å²) in [7, 11) is 0. The van der Waals surface area contributed by atoms with E-state index in [0.29, 0.717) is 0 Å². The summed E-state index contributed by atoms with van der Waals surface area (Å²) in [5, 5.41) is 13.7. The molecule has 3 N–H and O–H groups in total. The molecule has 0 aliphatic rings. The molecule has 0 bridgehead atoms. The number of benzene rings is 1. The van der Waals surface area contributed by atoms with Crippen molar-refractivity contribution < 1.29 is 23.9 Å². The highest BCUT2D eigenvalue weighted by Gasteiger charge is 2.32. The average Bonchev–Trinajstić information content (AvgIpc) is 2.44. The molecule has 1 rings (SSSR count). The summed E-state index contributed by atoms with van der Waals surface area (Å²) in [5.74, 6) is -2.96. The molecule has 0 heterocycles. The number of aliphatic carboxylic acids is 1. The lowest BCUT2D eigenvalue weighted by Crippen LogP contribution is -2.54. The Morgan fingerprint density at radius 2 is 2.00 bits per heavy atom. The van der Waals surface area contributed by atoms with Crippen LogP contribution in [0.1, 0.15) is 30.6 Å². The van der Waals surface area contributed by atoms with Crippen LogP contribution in [0.2, 0.25) is 0 Å². The van der Waals surface area contributed by atoms with Gasteiger partial charge in [-0.3, -0.25) is 9.59 Å². The van der Waals surface area contributed by atoms with Crippen molar-refractivity contribution in [2.24, 2.45) is 0 Å². The van der Waals surface area contributed by atoms with Crippen molar-refractivity contribution >= 4 is 17.8 Å². The van der Waals surface area contributed by atoms with E-state index in [1.165, 1.54) is 25.1 Å². The maximum Gasteiger partial charge on any atom is 0.329 e. The van der Waals surface area contributed by atoms with Gasteiger partial charge in [-0.2, -0.15) is 0 Å². The highest BCUT2D eigenvalue weighted by Crippen LogP contribution is 2.08. The van der Waals surface area contributed by atoms with E-state index in [9.17, 15) is 18.8 Å². The van der Waals surface area contributed by atoms with E-state index in [-0.39, 0.29) is 12.0 Å². The second-order valence-corrected chi connectivity index (χ2v) is 4.73. The molecule has 2 amide bonds. The van der Waals surface area contributed by atoms with Gasteiger partial charge in [-0.15, -0.1) is 0 Å². The Morgan fingerprint density at radius 3 is 2.52 bits per heavy atom. The minimum atomic E-state index is -1.39. The lowest BCUT2D eigenvalue weighted by molar-refractivity contribution is -0.146. The number of hydrogen-bond acceptors (Lipinski definition) is 3. The first kappa shape index (κ1) is 16.6. The van der Waals surface area contributed by atoms with Crippen LogP contribution in [-0.2, 0) is 9.59 Å². The van der Waals surface area contributed by atoms with Crippen molar-refractivity contribution in [3.63, 3.8) is 0 Å². The van der Waals surface area contributed by atoms with E-state index in [0.717, 1.165) is 6.07 Å². The number of carbonyl (C=O) groups is 3. The molecule has 1 atom stereocenters. The highest BCUT2D eigenvalue weighted by atomic mass is 19.1. The number of carbonyl (C=O) groups excluding carboxylic acids is 2. The van der Waals surface area contributed by atoms with Gasteiger partial charge in [0.2, 0.25) is 5.91 Å². The summed E-state index contributed by atoms with van der Waals surface area (Å²) in [6.07, 6.45) is 0.200. The van der Waals surface area contributed by atoms with Gasteiger partial charge >= 0.3 is 5.97 Å². The maximum atomic E-state index is 13.0. The van der Waals surface area contributed by atoms with Crippen molar-refractivity contribution in [2.75, 3.05) is 6.54 Å². The van der Waals surface area contributed by atoms with Crippen molar-refractivity contribution in [1.82, 2.24) is 10.6 Å². The van der Waals surface area contributed by atoms with Gasteiger partial charge in [0.1, 0.15) is 11.4 Å². The van der Waals surface area contributed by atoms with E-state index < -0.39 is 35.7 Å². The van der Waals surface area contributed by atoms with E-state index in [4.69, 9.17) is 5.11 Å². The standard InChI is InChI=1S/C14H17FN2O4/c1-3-14(2,13(20)21)17-11(18)8-16-12(19)9-5-4-6-10(15)7-9/h4-7H,3,8H2,1-2H3,(H,16,19)(H,17,18)(H,20,21). The summed E-state index contributed by atoms with van der Waals surface area (Å²) in [5.41, 5.74) is -1.31. The molecule has 0 aliphatic carbocycles. The van der Waals surface area contributed by atoms with Gasteiger partial charge in [0, 0.05) is 5.56 Å². The third-order valence-corrected chi connectivity index (χ3v) is 3.09. The zero-order valence-electron chi connectivity index (χ0n) is 11.8. The zero-order chi connectivity index (χ0) is 16.0. The smallest absolute Gasteiger partial charge is 0.329 e.